The Hall–Kier alpha value is -3.12. The van der Waals surface area contributed by atoms with E-state index >= 15 is 0 Å². The van der Waals surface area contributed by atoms with Gasteiger partial charge in [0, 0.05) is 19.2 Å². The van der Waals surface area contributed by atoms with Crippen LogP contribution in [0.4, 0.5) is 24.5 Å². The van der Waals surface area contributed by atoms with E-state index in [2.05, 4.69) is 20.1 Å². The van der Waals surface area contributed by atoms with Crippen LogP contribution in [-0.2, 0) is 32.7 Å². The molecule has 8 nitrogen and oxygen atoms in total. The Labute approximate surface area is 183 Å². The molecule has 0 aromatic heterocycles. The van der Waals surface area contributed by atoms with Crippen LogP contribution in [-0.4, -0.2) is 39.3 Å². The zero-order valence-corrected chi connectivity index (χ0v) is 18.1. The molecule has 0 aliphatic carbocycles. The predicted molar refractivity (Wildman–Crippen MR) is 113 cm³/mol. The van der Waals surface area contributed by atoms with Crippen molar-refractivity contribution in [2.75, 3.05) is 22.9 Å². The van der Waals surface area contributed by atoms with Crippen molar-refractivity contribution in [3.05, 3.63) is 59.2 Å². The summed E-state index contributed by atoms with van der Waals surface area (Å²) in [4.78, 5) is 24.0. The summed E-state index contributed by atoms with van der Waals surface area (Å²) in [5.41, 5.74) is 1.54. The zero-order chi connectivity index (χ0) is 23.9. The van der Waals surface area contributed by atoms with Crippen molar-refractivity contribution in [3.8, 4) is 0 Å². The van der Waals surface area contributed by atoms with Gasteiger partial charge in [-0.2, -0.15) is 13.2 Å². The molecule has 12 heteroatoms. The average Bonchev–Trinajstić information content (AvgIpc) is 2.66. The molecule has 0 fully saturated rings. The molecule has 0 spiro atoms. The van der Waals surface area contributed by atoms with Crippen molar-refractivity contribution in [3.63, 3.8) is 0 Å². The van der Waals surface area contributed by atoms with Crippen LogP contribution in [0.25, 0.3) is 0 Å². The highest BCUT2D eigenvalue weighted by Crippen LogP contribution is 2.22. The van der Waals surface area contributed by atoms with Crippen LogP contribution in [0.3, 0.4) is 0 Å². The van der Waals surface area contributed by atoms with Crippen LogP contribution < -0.4 is 15.4 Å². The lowest BCUT2D eigenvalue weighted by Gasteiger charge is -2.13. The van der Waals surface area contributed by atoms with E-state index in [9.17, 15) is 31.2 Å². The monoisotopic (exact) mass is 473 g/mol. The molecule has 2 rings (SSSR count). The molecule has 32 heavy (non-hydrogen) atoms. The van der Waals surface area contributed by atoms with Crippen LogP contribution in [0.1, 0.15) is 28.4 Å². The van der Waals surface area contributed by atoms with Gasteiger partial charge in [-0.25, -0.2) is 8.42 Å². The number of ether oxygens (including phenoxy) is 1. The van der Waals surface area contributed by atoms with Crippen molar-refractivity contribution in [1.29, 1.82) is 0 Å². The lowest BCUT2D eigenvalue weighted by atomic mass is 10.1. The lowest BCUT2D eigenvalue weighted by molar-refractivity contribution is -0.176. The van der Waals surface area contributed by atoms with Gasteiger partial charge in [0.2, 0.25) is 15.9 Å². The fourth-order valence-electron chi connectivity index (χ4n) is 2.62. The van der Waals surface area contributed by atoms with E-state index in [-0.39, 0.29) is 30.3 Å². The largest absolute Gasteiger partial charge is 0.411 e. The van der Waals surface area contributed by atoms with E-state index in [1.807, 2.05) is 0 Å². The van der Waals surface area contributed by atoms with Crippen LogP contribution in [0.2, 0.25) is 0 Å². The van der Waals surface area contributed by atoms with Gasteiger partial charge in [-0.1, -0.05) is 24.3 Å². The number of hydrogen-bond acceptors (Lipinski definition) is 5. The number of benzene rings is 2. The second-order valence-corrected chi connectivity index (χ2v) is 8.67. The molecule has 0 heterocycles. The number of alkyl halides is 3. The van der Waals surface area contributed by atoms with Crippen molar-refractivity contribution < 1.29 is 35.9 Å². The van der Waals surface area contributed by atoms with Crippen molar-refractivity contribution in [2.24, 2.45) is 0 Å². The number of nitrogens with one attached hydrogen (secondary N) is 3. The first kappa shape index (κ1) is 25.1. The maximum absolute atomic E-state index is 12.7. The molecule has 3 N–H and O–H groups in total. The summed E-state index contributed by atoms with van der Waals surface area (Å²) in [7, 11) is -3.66. The summed E-state index contributed by atoms with van der Waals surface area (Å²) < 4.78 is 66.4. The number of carbonyl (C=O) groups is 2. The summed E-state index contributed by atoms with van der Waals surface area (Å²) in [6.45, 7) is -0.180. The Morgan fingerprint density at radius 1 is 1.03 bits per heavy atom. The molecular weight excluding hydrogens is 451 g/mol. The number of rotatable bonds is 9. The third-order valence-electron chi connectivity index (χ3n) is 3.89. The molecule has 2 aromatic rings. The Morgan fingerprint density at radius 2 is 1.66 bits per heavy atom. The molecule has 0 unspecified atom stereocenters. The third-order valence-corrected chi connectivity index (χ3v) is 4.48. The minimum atomic E-state index is -4.40. The van der Waals surface area contributed by atoms with Gasteiger partial charge in [0.1, 0.15) is 6.61 Å². The molecule has 0 atom stereocenters. The molecule has 0 saturated heterocycles. The van der Waals surface area contributed by atoms with Crippen LogP contribution in [0.5, 0.6) is 0 Å². The molecule has 174 valence electrons. The summed E-state index contributed by atoms with van der Waals surface area (Å²) in [5, 5.41) is 5.16. The van der Waals surface area contributed by atoms with Gasteiger partial charge in [0.05, 0.1) is 24.1 Å². The minimum absolute atomic E-state index is 0.00107. The number of hydrogen-bond donors (Lipinski definition) is 3. The first-order chi connectivity index (χ1) is 14.8. The van der Waals surface area contributed by atoms with Gasteiger partial charge >= 0.3 is 6.18 Å². The Morgan fingerprint density at radius 3 is 2.22 bits per heavy atom. The minimum Gasteiger partial charge on any atom is -0.367 e. The van der Waals surface area contributed by atoms with Gasteiger partial charge < -0.3 is 15.4 Å². The number of sulfonamides is 1. The predicted octanol–water partition coefficient (Wildman–Crippen LogP) is 3.03. The lowest BCUT2D eigenvalue weighted by Crippen LogP contribution is -2.25. The maximum Gasteiger partial charge on any atom is 0.411 e. The highest BCUT2D eigenvalue weighted by Gasteiger charge is 2.27. The van der Waals surface area contributed by atoms with E-state index in [0.29, 0.717) is 16.8 Å². The molecule has 0 aliphatic rings. The van der Waals surface area contributed by atoms with Crippen LogP contribution in [0, 0.1) is 0 Å². The van der Waals surface area contributed by atoms with E-state index in [0.717, 1.165) is 6.26 Å². The summed E-state index contributed by atoms with van der Waals surface area (Å²) in [6, 6.07) is 10.5. The van der Waals surface area contributed by atoms with Crippen molar-refractivity contribution in [1.82, 2.24) is 5.32 Å². The fourth-order valence-corrected chi connectivity index (χ4v) is 3.19. The second-order valence-electron chi connectivity index (χ2n) is 6.92. The zero-order valence-electron chi connectivity index (χ0n) is 17.2. The third kappa shape index (κ3) is 8.94. The first-order valence-electron chi connectivity index (χ1n) is 9.22. The van der Waals surface area contributed by atoms with E-state index in [1.165, 1.54) is 25.1 Å². The molecule has 0 bridgehead atoms. The Balaban J connectivity index is 2.06. The smallest absolute Gasteiger partial charge is 0.367 e. The number of carbonyl (C=O) groups excluding carboxylic acids is 2. The Kier molecular flexibility index (Phi) is 8.22. The van der Waals surface area contributed by atoms with Crippen molar-refractivity contribution in [2.45, 2.75) is 26.3 Å². The molecule has 0 aliphatic heterocycles. The SMILES string of the molecule is CC(=O)Nc1ccc(NS(C)(=O)=O)c(C(=O)NCc2ccc(COCC(F)(F)F)cc2)c1. The van der Waals surface area contributed by atoms with Gasteiger partial charge in [-0.3, -0.25) is 14.3 Å². The Bertz CT molecular complexity index is 1070. The van der Waals surface area contributed by atoms with Gasteiger partial charge in [-0.15, -0.1) is 0 Å². The number of amides is 2. The van der Waals surface area contributed by atoms with Crippen molar-refractivity contribution >= 4 is 33.2 Å². The van der Waals surface area contributed by atoms with E-state index < -0.39 is 28.7 Å². The maximum atomic E-state index is 12.7. The molecule has 2 aromatic carbocycles. The van der Waals surface area contributed by atoms with Crippen LogP contribution >= 0.6 is 0 Å². The molecule has 2 amide bonds. The molecular formula is C20H22F3N3O5S. The highest BCUT2D eigenvalue weighted by atomic mass is 32.2. The van der Waals surface area contributed by atoms with E-state index in [1.54, 1.807) is 24.3 Å². The normalized spacial score (nSPS) is 11.7. The van der Waals surface area contributed by atoms with Gasteiger partial charge in [-0.05, 0) is 29.3 Å². The summed E-state index contributed by atoms with van der Waals surface area (Å²) in [5.74, 6) is -0.958. The quantitative estimate of drug-likeness (QED) is 0.518. The topological polar surface area (TPSA) is 114 Å². The molecule has 0 radical (unpaired) electrons. The van der Waals surface area contributed by atoms with Crippen LogP contribution in [0.15, 0.2) is 42.5 Å². The first-order valence-corrected chi connectivity index (χ1v) is 11.1. The average molecular weight is 473 g/mol. The fraction of sp³-hybridized carbons (Fsp3) is 0.300. The molecule has 0 saturated carbocycles. The standard InChI is InChI=1S/C20H22F3N3O5S/c1-13(27)25-16-7-8-18(26-32(2,29)30)17(9-16)19(28)24-10-14-3-5-15(6-4-14)11-31-12-20(21,22)23/h3-9,26H,10-12H2,1-2H3,(H,24,28)(H,25,27). The highest BCUT2D eigenvalue weighted by molar-refractivity contribution is 7.92. The number of halogens is 3. The van der Waals surface area contributed by atoms with Gasteiger partial charge in [0.25, 0.3) is 5.91 Å². The van der Waals surface area contributed by atoms with Gasteiger partial charge in [0.15, 0.2) is 0 Å². The summed E-state index contributed by atoms with van der Waals surface area (Å²) in [6.07, 6.45) is -3.46. The van der Waals surface area contributed by atoms with E-state index in [4.69, 9.17) is 0 Å². The summed E-state index contributed by atoms with van der Waals surface area (Å²) >= 11 is 0. The number of anilines is 2. The second kappa shape index (κ2) is 10.5.